The van der Waals surface area contributed by atoms with Crippen molar-refractivity contribution in [1.29, 1.82) is 0 Å². The second-order valence-electron chi connectivity index (χ2n) is 3.15. The smallest absolute Gasteiger partial charge is 0.222 e. The van der Waals surface area contributed by atoms with E-state index in [1.807, 2.05) is 20.8 Å². The zero-order valence-electron chi connectivity index (χ0n) is 7.61. The number of rotatable bonds is 4. The first kappa shape index (κ1) is 10.2. The highest BCUT2D eigenvalue weighted by atomic mass is 16.1. The van der Waals surface area contributed by atoms with Crippen molar-refractivity contribution in [2.24, 2.45) is 5.92 Å². The Morgan fingerprint density at radius 2 is 2.09 bits per heavy atom. The van der Waals surface area contributed by atoms with E-state index in [1.165, 1.54) is 0 Å². The number of nitrogens with one attached hydrogen (secondary N) is 1. The van der Waals surface area contributed by atoms with Gasteiger partial charge in [-0.3, -0.25) is 4.79 Å². The lowest BCUT2D eigenvalue weighted by molar-refractivity contribution is -0.123. The van der Waals surface area contributed by atoms with Gasteiger partial charge < -0.3 is 5.32 Å². The predicted octanol–water partition coefficient (Wildman–Crippen LogP) is 1.72. The SMILES string of the molecule is C=C(C)CCNC(=O)C(C)C. The number of hydrogen-bond acceptors (Lipinski definition) is 1. The minimum Gasteiger partial charge on any atom is -0.356 e. The summed E-state index contributed by atoms with van der Waals surface area (Å²) in [6.07, 6.45) is 0.873. The molecule has 2 nitrogen and oxygen atoms in total. The highest BCUT2D eigenvalue weighted by molar-refractivity contribution is 5.77. The van der Waals surface area contributed by atoms with Crippen LogP contribution in [0.2, 0.25) is 0 Å². The quantitative estimate of drug-likeness (QED) is 0.615. The molecule has 11 heavy (non-hydrogen) atoms. The van der Waals surface area contributed by atoms with E-state index >= 15 is 0 Å². The van der Waals surface area contributed by atoms with Crippen molar-refractivity contribution in [3.63, 3.8) is 0 Å². The Balaban J connectivity index is 3.39. The van der Waals surface area contributed by atoms with Crippen LogP contribution in [0.3, 0.4) is 0 Å². The fraction of sp³-hybridized carbons (Fsp3) is 0.667. The van der Waals surface area contributed by atoms with Crippen molar-refractivity contribution in [2.45, 2.75) is 27.2 Å². The molecule has 0 aromatic rings. The molecule has 0 heterocycles. The van der Waals surface area contributed by atoms with Crippen LogP contribution >= 0.6 is 0 Å². The van der Waals surface area contributed by atoms with E-state index in [0.717, 1.165) is 12.0 Å². The minimum atomic E-state index is 0.0834. The molecule has 0 aromatic carbocycles. The zero-order chi connectivity index (χ0) is 8.85. The van der Waals surface area contributed by atoms with Crippen LogP contribution in [0.4, 0.5) is 0 Å². The van der Waals surface area contributed by atoms with Crippen molar-refractivity contribution in [2.75, 3.05) is 6.54 Å². The van der Waals surface area contributed by atoms with Gasteiger partial charge in [-0.2, -0.15) is 0 Å². The summed E-state index contributed by atoms with van der Waals surface area (Å²) < 4.78 is 0. The second kappa shape index (κ2) is 4.94. The highest BCUT2D eigenvalue weighted by Crippen LogP contribution is 1.94. The maximum atomic E-state index is 11.0. The molecule has 64 valence electrons. The molecule has 0 aliphatic carbocycles. The molecule has 0 bridgehead atoms. The van der Waals surface area contributed by atoms with Crippen LogP contribution in [0.15, 0.2) is 12.2 Å². The third-order valence-corrected chi connectivity index (χ3v) is 1.38. The van der Waals surface area contributed by atoms with E-state index in [9.17, 15) is 4.79 Å². The molecule has 2 heteroatoms. The first-order valence-electron chi connectivity index (χ1n) is 3.96. The monoisotopic (exact) mass is 155 g/mol. The van der Waals surface area contributed by atoms with E-state index in [-0.39, 0.29) is 11.8 Å². The van der Waals surface area contributed by atoms with E-state index in [2.05, 4.69) is 11.9 Å². The Morgan fingerprint density at radius 3 is 2.45 bits per heavy atom. The molecule has 0 atom stereocenters. The topological polar surface area (TPSA) is 29.1 Å². The molecule has 0 aliphatic rings. The van der Waals surface area contributed by atoms with Crippen molar-refractivity contribution in [1.82, 2.24) is 5.32 Å². The molecule has 1 amide bonds. The average molecular weight is 155 g/mol. The lowest BCUT2D eigenvalue weighted by Gasteiger charge is -2.06. The number of carbonyl (C=O) groups excluding carboxylic acids is 1. The fourth-order valence-corrected chi connectivity index (χ4v) is 0.603. The van der Waals surface area contributed by atoms with Gasteiger partial charge in [-0.25, -0.2) is 0 Å². The van der Waals surface area contributed by atoms with Gasteiger partial charge >= 0.3 is 0 Å². The van der Waals surface area contributed by atoms with E-state index in [0.29, 0.717) is 6.54 Å². The van der Waals surface area contributed by atoms with Crippen LogP contribution in [0, 0.1) is 5.92 Å². The molecular weight excluding hydrogens is 138 g/mol. The number of hydrogen-bond donors (Lipinski definition) is 1. The van der Waals surface area contributed by atoms with Crippen molar-refractivity contribution in [3.8, 4) is 0 Å². The Kier molecular flexibility index (Phi) is 4.59. The summed E-state index contributed by atoms with van der Waals surface area (Å²) in [5.74, 6) is 0.200. The van der Waals surface area contributed by atoms with Gasteiger partial charge in [0.2, 0.25) is 5.91 Å². The molecule has 0 aliphatic heterocycles. The van der Waals surface area contributed by atoms with E-state index < -0.39 is 0 Å². The predicted molar refractivity (Wildman–Crippen MR) is 47.3 cm³/mol. The molecule has 1 N–H and O–H groups in total. The van der Waals surface area contributed by atoms with Crippen LogP contribution in [0.25, 0.3) is 0 Å². The van der Waals surface area contributed by atoms with Gasteiger partial charge in [0, 0.05) is 12.5 Å². The Labute approximate surface area is 68.7 Å². The first-order chi connectivity index (χ1) is 5.04. The molecule has 0 spiro atoms. The molecular formula is C9H17NO. The van der Waals surface area contributed by atoms with Gasteiger partial charge in [-0.15, -0.1) is 6.58 Å². The fourth-order valence-electron chi connectivity index (χ4n) is 0.603. The summed E-state index contributed by atoms with van der Waals surface area (Å²) in [6, 6.07) is 0. The Hall–Kier alpha value is -0.790. The van der Waals surface area contributed by atoms with Gasteiger partial charge in [-0.1, -0.05) is 19.4 Å². The summed E-state index contributed by atoms with van der Waals surface area (Å²) in [7, 11) is 0. The van der Waals surface area contributed by atoms with Crippen LogP contribution in [0.5, 0.6) is 0 Å². The zero-order valence-corrected chi connectivity index (χ0v) is 7.61. The first-order valence-corrected chi connectivity index (χ1v) is 3.96. The molecule has 0 saturated heterocycles. The van der Waals surface area contributed by atoms with Crippen molar-refractivity contribution in [3.05, 3.63) is 12.2 Å². The van der Waals surface area contributed by atoms with Gasteiger partial charge in [0.15, 0.2) is 0 Å². The van der Waals surface area contributed by atoms with Crippen LogP contribution in [-0.4, -0.2) is 12.5 Å². The maximum absolute atomic E-state index is 11.0. The van der Waals surface area contributed by atoms with Gasteiger partial charge in [-0.05, 0) is 13.3 Å². The van der Waals surface area contributed by atoms with Gasteiger partial charge in [0.25, 0.3) is 0 Å². The van der Waals surface area contributed by atoms with Gasteiger partial charge in [0.1, 0.15) is 0 Å². The minimum absolute atomic E-state index is 0.0834. The highest BCUT2D eigenvalue weighted by Gasteiger charge is 2.04. The summed E-state index contributed by atoms with van der Waals surface area (Å²) in [5.41, 5.74) is 1.11. The third-order valence-electron chi connectivity index (χ3n) is 1.38. The third kappa shape index (κ3) is 5.64. The summed E-state index contributed by atoms with van der Waals surface area (Å²) >= 11 is 0. The van der Waals surface area contributed by atoms with E-state index in [1.54, 1.807) is 0 Å². The molecule has 0 rings (SSSR count). The Bertz CT molecular complexity index is 150. The van der Waals surface area contributed by atoms with E-state index in [4.69, 9.17) is 0 Å². The average Bonchev–Trinajstić information content (AvgIpc) is 1.86. The molecule has 0 saturated carbocycles. The number of carbonyl (C=O) groups is 1. The number of amides is 1. The van der Waals surface area contributed by atoms with Gasteiger partial charge in [0.05, 0.1) is 0 Å². The van der Waals surface area contributed by atoms with Crippen LogP contribution in [-0.2, 0) is 4.79 Å². The largest absolute Gasteiger partial charge is 0.356 e. The Morgan fingerprint density at radius 1 is 1.55 bits per heavy atom. The maximum Gasteiger partial charge on any atom is 0.222 e. The van der Waals surface area contributed by atoms with Crippen molar-refractivity contribution >= 4 is 5.91 Å². The summed E-state index contributed by atoms with van der Waals surface area (Å²) in [4.78, 5) is 11.0. The van der Waals surface area contributed by atoms with Crippen molar-refractivity contribution < 1.29 is 4.79 Å². The second-order valence-corrected chi connectivity index (χ2v) is 3.15. The summed E-state index contributed by atoms with van der Waals surface area (Å²) in [5, 5.41) is 2.81. The van der Waals surface area contributed by atoms with Crippen LogP contribution in [0.1, 0.15) is 27.2 Å². The molecule has 0 radical (unpaired) electrons. The standard InChI is InChI=1S/C9H17NO/c1-7(2)5-6-10-9(11)8(3)4/h8H,1,5-6H2,2-4H3,(H,10,11). The lowest BCUT2D eigenvalue weighted by atomic mass is 10.2. The molecule has 0 fully saturated rings. The molecule has 0 aromatic heterocycles. The van der Waals surface area contributed by atoms with Crippen LogP contribution < -0.4 is 5.32 Å². The summed E-state index contributed by atoms with van der Waals surface area (Å²) in [6.45, 7) is 10.2. The normalized spacial score (nSPS) is 9.82. The lowest BCUT2D eigenvalue weighted by Crippen LogP contribution is -2.28. The molecule has 0 unspecified atom stereocenters.